The van der Waals surface area contributed by atoms with Gasteiger partial charge in [0.05, 0.1) is 0 Å². The van der Waals surface area contributed by atoms with Crippen LogP contribution in [0.25, 0.3) is 0 Å². The summed E-state index contributed by atoms with van der Waals surface area (Å²) in [6.45, 7) is 4.14. The molecule has 5 nitrogen and oxygen atoms in total. The third kappa shape index (κ3) is 4.03. The van der Waals surface area contributed by atoms with E-state index in [1.54, 1.807) is 4.90 Å². The zero-order valence-corrected chi connectivity index (χ0v) is 18.5. The predicted molar refractivity (Wildman–Crippen MR) is 108 cm³/mol. The molecule has 0 bridgehead atoms. The fraction of sp³-hybridized carbons (Fsp3) is 0.174. The van der Waals surface area contributed by atoms with Gasteiger partial charge in [0.2, 0.25) is 18.3 Å². The van der Waals surface area contributed by atoms with Crippen molar-refractivity contribution in [1.29, 1.82) is 0 Å². The van der Waals surface area contributed by atoms with Crippen LogP contribution in [-0.2, 0) is 16.1 Å². The van der Waals surface area contributed by atoms with Gasteiger partial charge in [-0.1, -0.05) is 42.5 Å². The Morgan fingerprint density at radius 3 is 2.31 bits per heavy atom. The summed E-state index contributed by atoms with van der Waals surface area (Å²) >= 11 is 0. The van der Waals surface area contributed by atoms with Crippen LogP contribution in [0.15, 0.2) is 72.9 Å². The molecule has 1 aliphatic rings. The number of para-hydroxylation sites is 2. The van der Waals surface area contributed by atoms with Crippen molar-refractivity contribution in [2.24, 2.45) is 0 Å². The maximum atomic E-state index is 13.4. The number of anilines is 2. The van der Waals surface area contributed by atoms with E-state index in [-0.39, 0.29) is 42.3 Å². The molecule has 6 heteroatoms. The summed E-state index contributed by atoms with van der Waals surface area (Å²) in [6, 6.07) is 20.2. The number of hydrogen-bond donors (Lipinski definition) is 1. The van der Waals surface area contributed by atoms with Gasteiger partial charge in [-0.3, -0.25) is 14.5 Å². The van der Waals surface area contributed by atoms with Crippen molar-refractivity contribution in [2.75, 3.05) is 10.2 Å². The normalized spacial score (nSPS) is 15.3. The van der Waals surface area contributed by atoms with Crippen LogP contribution in [0.1, 0.15) is 22.9 Å². The van der Waals surface area contributed by atoms with Crippen molar-refractivity contribution in [3.8, 4) is 0 Å². The molecule has 4 rings (SSSR count). The van der Waals surface area contributed by atoms with E-state index in [1.807, 2.05) is 91.3 Å². The van der Waals surface area contributed by atoms with Crippen LogP contribution in [0.5, 0.6) is 0 Å². The van der Waals surface area contributed by atoms with Crippen LogP contribution < -0.4 is 38.8 Å². The molecule has 2 heterocycles. The number of amides is 2. The highest BCUT2D eigenvalue weighted by Gasteiger charge is 2.43. The van der Waals surface area contributed by atoms with Crippen LogP contribution in [0.4, 0.5) is 11.4 Å². The molecule has 0 saturated heterocycles. The minimum Gasteiger partial charge on any atom is -1.00 e. The Morgan fingerprint density at radius 1 is 0.966 bits per heavy atom. The van der Waals surface area contributed by atoms with Crippen molar-refractivity contribution in [3.63, 3.8) is 0 Å². The molecule has 0 radical (unpaired) electrons. The van der Waals surface area contributed by atoms with Crippen LogP contribution >= 0.6 is 0 Å². The zero-order valence-electron chi connectivity index (χ0n) is 16.3. The molecule has 3 aromatic rings. The number of aromatic nitrogens is 1. The number of pyridine rings is 1. The van der Waals surface area contributed by atoms with E-state index in [2.05, 4.69) is 5.32 Å². The number of rotatable bonds is 3. The largest absolute Gasteiger partial charge is 1.00 e. The summed E-state index contributed by atoms with van der Waals surface area (Å²) in [6.07, 6.45) is 1.84. The first-order valence-electron chi connectivity index (χ1n) is 9.29. The van der Waals surface area contributed by atoms with Gasteiger partial charge in [0, 0.05) is 23.5 Å². The van der Waals surface area contributed by atoms with E-state index in [4.69, 9.17) is 0 Å². The summed E-state index contributed by atoms with van der Waals surface area (Å²) in [5, 5.41) is 3.06. The molecule has 2 amide bonds. The molecule has 1 aliphatic heterocycles. The molecule has 1 N–H and O–H groups in total. The summed E-state index contributed by atoms with van der Waals surface area (Å²) in [5.74, 6) is -0.342. The second-order valence-electron chi connectivity index (χ2n) is 7.01. The number of carbonyl (C=O) groups is 2. The molecule has 1 unspecified atom stereocenters. The Bertz CT molecular complexity index is 1030. The number of nitrogens with zero attached hydrogens (tertiary/aromatic N) is 2. The molecule has 148 valence electrons. The minimum atomic E-state index is -0.746. The average Bonchev–Trinajstić information content (AvgIpc) is 2.70. The number of aryl methyl sites for hydroxylation is 2. The molecular weight excluding hydrogens is 477 g/mol. The summed E-state index contributed by atoms with van der Waals surface area (Å²) in [4.78, 5) is 28.0. The topological polar surface area (TPSA) is 53.3 Å². The van der Waals surface area contributed by atoms with E-state index < -0.39 is 6.04 Å². The molecular formula is C23H22IN3O2. The van der Waals surface area contributed by atoms with Crippen LogP contribution in [0.2, 0.25) is 0 Å². The van der Waals surface area contributed by atoms with E-state index in [1.165, 1.54) is 0 Å². The van der Waals surface area contributed by atoms with Crippen molar-refractivity contribution in [3.05, 3.63) is 89.7 Å². The Labute approximate surface area is 187 Å². The molecule has 0 aliphatic carbocycles. The quantitative estimate of drug-likeness (QED) is 0.417. The van der Waals surface area contributed by atoms with Crippen LogP contribution in [-0.4, -0.2) is 11.8 Å². The first kappa shape index (κ1) is 21.0. The standard InChI is InChI=1S/C23H21N3O2.HI/c1-16-9-8-10-17(2)21(16)24-23(28)22-19-13-6-7-14-25(19)15-20(27)26(22)18-11-4-3-5-12-18;/h3-14,22H,15H2,1-2H3;1H. The van der Waals surface area contributed by atoms with E-state index in [9.17, 15) is 9.59 Å². The SMILES string of the molecule is Cc1cccc(C)c1NC(=O)C1c2cccc[n+]2CC(=O)N1c1ccccc1.[I-]. The van der Waals surface area contributed by atoms with Crippen molar-refractivity contribution < 1.29 is 38.1 Å². The summed E-state index contributed by atoms with van der Waals surface area (Å²) in [5.41, 5.74) is 4.27. The van der Waals surface area contributed by atoms with E-state index in [0.29, 0.717) is 5.69 Å². The number of carbonyl (C=O) groups excluding carboxylic acids is 2. The second-order valence-corrected chi connectivity index (χ2v) is 7.01. The monoisotopic (exact) mass is 499 g/mol. The van der Waals surface area contributed by atoms with Gasteiger partial charge >= 0.3 is 0 Å². The molecule has 0 fully saturated rings. The Balaban J connectivity index is 0.00000240. The third-order valence-corrected chi connectivity index (χ3v) is 5.10. The minimum absolute atomic E-state index is 0. The lowest BCUT2D eigenvalue weighted by molar-refractivity contribution is -0.695. The fourth-order valence-electron chi connectivity index (χ4n) is 3.72. The number of nitrogens with one attached hydrogen (secondary N) is 1. The molecule has 1 atom stereocenters. The molecule has 2 aromatic carbocycles. The first-order valence-corrected chi connectivity index (χ1v) is 9.29. The van der Waals surface area contributed by atoms with Gasteiger partial charge in [0.25, 0.3) is 11.8 Å². The lowest BCUT2D eigenvalue weighted by Gasteiger charge is -2.32. The van der Waals surface area contributed by atoms with Crippen LogP contribution in [0, 0.1) is 13.8 Å². The maximum absolute atomic E-state index is 13.4. The van der Waals surface area contributed by atoms with Crippen molar-refractivity contribution in [1.82, 2.24) is 0 Å². The predicted octanol–water partition coefficient (Wildman–Crippen LogP) is 0.322. The lowest BCUT2D eigenvalue weighted by Crippen LogP contribution is -3.00. The summed E-state index contributed by atoms with van der Waals surface area (Å²) in [7, 11) is 0. The maximum Gasteiger partial charge on any atom is 0.294 e. The van der Waals surface area contributed by atoms with E-state index >= 15 is 0 Å². The molecule has 0 saturated carbocycles. The number of benzene rings is 2. The first-order chi connectivity index (χ1) is 13.6. The smallest absolute Gasteiger partial charge is 0.294 e. The second kappa shape index (κ2) is 8.73. The fourth-order valence-corrected chi connectivity index (χ4v) is 3.72. The van der Waals surface area contributed by atoms with Gasteiger partial charge in [0.1, 0.15) is 0 Å². The van der Waals surface area contributed by atoms with Crippen LogP contribution in [0.3, 0.4) is 0 Å². The highest BCUT2D eigenvalue weighted by Crippen LogP contribution is 2.30. The average molecular weight is 499 g/mol. The Hall–Kier alpha value is -2.74. The highest BCUT2D eigenvalue weighted by atomic mass is 127. The molecule has 0 spiro atoms. The summed E-state index contributed by atoms with van der Waals surface area (Å²) < 4.78 is 1.84. The Kier molecular flexibility index (Phi) is 6.32. The molecule has 1 aromatic heterocycles. The van der Waals surface area contributed by atoms with Crippen molar-refractivity contribution >= 4 is 23.2 Å². The van der Waals surface area contributed by atoms with Gasteiger partial charge < -0.3 is 29.3 Å². The zero-order chi connectivity index (χ0) is 19.7. The Morgan fingerprint density at radius 2 is 1.62 bits per heavy atom. The highest BCUT2D eigenvalue weighted by molar-refractivity contribution is 6.05. The number of fused-ring (bicyclic) bond motifs is 1. The van der Waals surface area contributed by atoms with Gasteiger partial charge in [0.15, 0.2) is 6.20 Å². The number of halogens is 1. The van der Waals surface area contributed by atoms with E-state index in [0.717, 1.165) is 22.5 Å². The van der Waals surface area contributed by atoms with Gasteiger partial charge in [-0.25, -0.2) is 0 Å². The third-order valence-electron chi connectivity index (χ3n) is 5.10. The molecule has 29 heavy (non-hydrogen) atoms. The van der Waals surface area contributed by atoms with Gasteiger partial charge in [-0.15, -0.1) is 0 Å². The lowest BCUT2D eigenvalue weighted by atomic mass is 10.0. The van der Waals surface area contributed by atoms with Gasteiger partial charge in [-0.2, -0.15) is 4.57 Å². The number of hydrogen-bond acceptors (Lipinski definition) is 2. The van der Waals surface area contributed by atoms with Gasteiger partial charge in [-0.05, 0) is 37.1 Å². The van der Waals surface area contributed by atoms with Crippen molar-refractivity contribution in [2.45, 2.75) is 26.4 Å².